The van der Waals surface area contributed by atoms with Crippen LogP contribution in [0.25, 0.3) is 6.08 Å². The van der Waals surface area contributed by atoms with E-state index in [9.17, 15) is 28.0 Å². The summed E-state index contributed by atoms with van der Waals surface area (Å²) in [7, 11) is 1.38. The molecule has 166 valence electrons. The summed E-state index contributed by atoms with van der Waals surface area (Å²) in [4.78, 5) is 48.9. The van der Waals surface area contributed by atoms with Crippen LogP contribution in [0.3, 0.4) is 0 Å². The number of amides is 3. The van der Waals surface area contributed by atoms with Crippen molar-refractivity contribution in [2.45, 2.75) is 6.92 Å². The van der Waals surface area contributed by atoms with E-state index >= 15 is 0 Å². The number of benzene rings is 2. The van der Waals surface area contributed by atoms with Gasteiger partial charge < -0.3 is 14.8 Å². The molecule has 0 aromatic heterocycles. The molecule has 2 aromatic carbocycles. The molecule has 3 rings (SSSR count). The largest absolute Gasteiger partial charge is 0.493 e. The van der Waals surface area contributed by atoms with Gasteiger partial charge in [-0.25, -0.2) is 8.78 Å². The Morgan fingerprint density at radius 1 is 1.12 bits per heavy atom. The lowest BCUT2D eigenvalue weighted by molar-refractivity contribution is -0.132. The lowest BCUT2D eigenvalue weighted by Crippen LogP contribution is -2.36. The van der Waals surface area contributed by atoms with E-state index < -0.39 is 41.2 Å². The summed E-state index contributed by atoms with van der Waals surface area (Å²) in [5.41, 5.74) is 0.208. The number of carbonyl (C=O) groups excluding carboxylic acids is 4. The van der Waals surface area contributed by atoms with Gasteiger partial charge in [0.15, 0.2) is 11.5 Å². The Balaban J connectivity index is 1.73. The van der Waals surface area contributed by atoms with Crippen LogP contribution in [-0.4, -0.2) is 41.6 Å². The topological polar surface area (TPSA) is 102 Å². The molecular weight excluding hydrogens is 446 g/mol. The Morgan fingerprint density at radius 2 is 1.88 bits per heavy atom. The summed E-state index contributed by atoms with van der Waals surface area (Å²) in [5, 5.41) is 1.51. The zero-order chi connectivity index (χ0) is 23.4. The van der Waals surface area contributed by atoms with Gasteiger partial charge in [0.1, 0.15) is 18.2 Å². The van der Waals surface area contributed by atoms with Crippen molar-refractivity contribution in [1.82, 2.24) is 4.90 Å². The van der Waals surface area contributed by atoms with E-state index in [4.69, 9.17) is 9.47 Å². The molecule has 1 aliphatic heterocycles. The van der Waals surface area contributed by atoms with Gasteiger partial charge in [-0.1, -0.05) is 6.07 Å². The van der Waals surface area contributed by atoms with E-state index in [1.165, 1.54) is 32.2 Å². The number of hydrogen-bond donors (Lipinski definition) is 1. The number of nitrogens with zero attached hydrogens (tertiary/aromatic N) is 1. The van der Waals surface area contributed by atoms with Crippen molar-refractivity contribution in [3.8, 4) is 11.5 Å². The lowest BCUT2D eigenvalue weighted by atomic mass is 10.2. The molecule has 0 atom stereocenters. The van der Waals surface area contributed by atoms with Crippen LogP contribution >= 0.6 is 11.8 Å². The van der Waals surface area contributed by atoms with Gasteiger partial charge in [0, 0.05) is 13.0 Å². The normalized spacial score (nSPS) is 14.6. The summed E-state index contributed by atoms with van der Waals surface area (Å²) in [5.74, 6) is -3.43. The molecule has 1 fully saturated rings. The first-order chi connectivity index (χ1) is 15.2. The molecule has 3 amide bonds. The molecule has 0 radical (unpaired) electrons. The predicted octanol–water partition coefficient (Wildman–Crippen LogP) is 3.57. The summed E-state index contributed by atoms with van der Waals surface area (Å²) in [6.07, 6.45) is 1.42. The minimum absolute atomic E-state index is 0.0538. The molecule has 8 nitrogen and oxygen atoms in total. The average molecular weight is 462 g/mol. The first-order valence-electron chi connectivity index (χ1n) is 9.04. The molecule has 1 N–H and O–H groups in total. The van der Waals surface area contributed by atoms with Crippen LogP contribution < -0.4 is 14.8 Å². The number of ether oxygens (including phenoxy) is 2. The standard InChI is InChI=1S/C21H16F2N2O6S/c1-11(26)31-16-6-3-12(7-17(16)30-2)8-18-20(28)25(21(29)32-18)10-19(27)24-15-5-4-13(22)9-14(15)23/h3-9H,10H2,1-2H3,(H,24,27). The van der Waals surface area contributed by atoms with Crippen molar-refractivity contribution < 1.29 is 37.4 Å². The third-order valence-electron chi connectivity index (χ3n) is 4.12. The number of halogens is 2. The Bertz CT molecular complexity index is 1150. The van der Waals surface area contributed by atoms with Crippen molar-refractivity contribution in [1.29, 1.82) is 0 Å². The fraction of sp³-hybridized carbons (Fsp3) is 0.143. The molecule has 0 unspecified atom stereocenters. The highest BCUT2D eigenvalue weighted by Crippen LogP contribution is 2.34. The van der Waals surface area contributed by atoms with Crippen LogP contribution in [0.2, 0.25) is 0 Å². The number of esters is 1. The summed E-state index contributed by atoms with van der Waals surface area (Å²) in [6.45, 7) is 0.595. The lowest BCUT2D eigenvalue weighted by Gasteiger charge is -2.13. The van der Waals surface area contributed by atoms with E-state index in [0.29, 0.717) is 28.3 Å². The molecule has 0 aliphatic carbocycles. The first-order valence-corrected chi connectivity index (χ1v) is 9.86. The summed E-state index contributed by atoms with van der Waals surface area (Å²) in [6, 6.07) is 7.13. The van der Waals surface area contributed by atoms with Crippen LogP contribution in [-0.2, 0) is 14.4 Å². The van der Waals surface area contributed by atoms with Crippen LogP contribution in [0.15, 0.2) is 41.3 Å². The maximum absolute atomic E-state index is 13.7. The monoisotopic (exact) mass is 462 g/mol. The number of nitrogens with one attached hydrogen (secondary N) is 1. The van der Waals surface area contributed by atoms with E-state index in [2.05, 4.69) is 5.32 Å². The molecule has 2 aromatic rings. The second-order valence-electron chi connectivity index (χ2n) is 6.44. The molecule has 11 heteroatoms. The van der Waals surface area contributed by atoms with Crippen molar-refractivity contribution in [2.75, 3.05) is 19.0 Å². The quantitative estimate of drug-likeness (QED) is 0.398. The van der Waals surface area contributed by atoms with Crippen LogP contribution in [0.4, 0.5) is 19.3 Å². The maximum Gasteiger partial charge on any atom is 0.308 e. The number of carbonyl (C=O) groups is 4. The highest BCUT2D eigenvalue weighted by molar-refractivity contribution is 8.18. The van der Waals surface area contributed by atoms with Crippen LogP contribution in [0.5, 0.6) is 11.5 Å². The molecular formula is C21H16F2N2O6S. The van der Waals surface area contributed by atoms with Crippen molar-refractivity contribution in [3.05, 3.63) is 58.5 Å². The maximum atomic E-state index is 13.7. The SMILES string of the molecule is COc1cc(C=C2SC(=O)N(CC(=O)Nc3ccc(F)cc3F)C2=O)ccc1OC(C)=O. The van der Waals surface area contributed by atoms with Gasteiger partial charge in [0.25, 0.3) is 11.1 Å². The van der Waals surface area contributed by atoms with Gasteiger partial charge >= 0.3 is 5.97 Å². The molecule has 0 saturated carbocycles. The zero-order valence-corrected chi connectivity index (χ0v) is 17.6. The molecule has 1 saturated heterocycles. The summed E-state index contributed by atoms with van der Waals surface area (Å²) < 4.78 is 36.8. The smallest absolute Gasteiger partial charge is 0.308 e. The third-order valence-corrected chi connectivity index (χ3v) is 5.03. The van der Waals surface area contributed by atoms with Gasteiger partial charge in [-0.05, 0) is 47.7 Å². The number of thioether (sulfide) groups is 1. The first kappa shape index (κ1) is 22.9. The minimum atomic E-state index is -0.987. The molecule has 0 bridgehead atoms. The molecule has 1 aliphatic rings. The van der Waals surface area contributed by atoms with Gasteiger partial charge in [-0.2, -0.15) is 0 Å². The van der Waals surface area contributed by atoms with E-state index in [-0.39, 0.29) is 22.1 Å². The van der Waals surface area contributed by atoms with Gasteiger partial charge in [-0.15, -0.1) is 0 Å². The zero-order valence-electron chi connectivity index (χ0n) is 16.8. The second kappa shape index (κ2) is 9.60. The molecule has 1 heterocycles. The molecule has 32 heavy (non-hydrogen) atoms. The average Bonchev–Trinajstić information content (AvgIpc) is 2.98. The van der Waals surface area contributed by atoms with E-state index in [1.54, 1.807) is 6.07 Å². The third kappa shape index (κ3) is 5.30. The number of anilines is 1. The van der Waals surface area contributed by atoms with Gasteiger partial charge in [0.2, 0.25) is 5.91 Å². The fourth-order valence-electron chi connectivity index (χ4n) is 2.72. The number of hydrogen-bond acceptors (Lipinski definition) is 7. The number of methoxy groups -OCH3 is 1. The van der Waals surface area contributed by atoms with Gasteiger partial charge in [-0.3, -0.25) is 24.1 Å². The van der Waals surface area contributed by atoms with Gasteiger partial charge in [0.05, 0.1) is 17.7 Å². The fourth-order valence-corrected chi connectivity index (χ4v) is 3.56. The summed E-state index contributed by atoms with van der Waals surface area (Å²) >= 11 is 0.627. The van der Waals surface area contributed by atoms with Crippen molar-refractivity contribution in [3.63, 3.8) is 0 Å². The van der Waals surface area contributed by atoms with E-state index in [0.717, 1.165) is 12.1 Å². The highest BCUT2D eigenvalue weighted by atomic mass is 32.2. The Kier molecular flexibility index (Phi) is 6.89. The number of rotatable bonds is 6. The predicted molar refractivity (Wildman–Crippen MR) is 112 cm³/mol. The second-order valence-corrected chi connectivity index (χ2v) is 7.44. The van der Waals surface area contributed by atoms with Crippen LogP contribution in [0.1, 0.15) is 12.5 Å². The Hall–Kier alpha value is -3.73. The number of imide groups is 1. The Morgan fingerprint density at radius 3 is 2.53 bits per heavy atom. The van der Waals surface area contributed by atoms with Crippen LogP contribution in [0, 0.1) is 11.6 Å². The van der Waals surface area contributed by atoms with Crippen molar-refractivity contribution >= 4 is 46.5 Å². The highest BCUT2D eigenvalue weighted by Gasteiger charge is 2.36. The van der Waals surface area contributed by atoms with Crippen molar-refractivity contribution in [2.24, 2.45) is 0 Å². The Labute approximate surface area is 185 Å². The van der Waals surface area contributed by atoms with E-state index in [1.807, 2.05) is 0 Å². The minimum Gasteiger partial charge on any atom is -0.493 e. The molecule has 0 spiro atoms.